The fourth-order valence-corrected chi connectivity index (χ4v) is 1.84. The molecule has 92 valence electrons. The van der Waals surface area contributed by atoms with Gasteiger partial charge in [-0.3, -0.25) is 9.59 Å². The normalized spacial score (nSPS) is 15.3. The summed E-state index contributed by atoms with van der Waals surface area (Å²) in [6, 6.07) is 2.90. The zero-order valence-electron chi connectivity index (χ0n) is 9.69. The van der Waals surface area contributed by atoms with Crippen LogP contribution < -0.4 is 16.6 Å². The molecule has 1 heterocycles. The number of nitrogen functional groups attached to an aromatic ring is 1. The van der Waals surface area contributed by atoms with Gasteiger partial charge >= 0.3 is 0 Å². The van der Waals surface area contributed by atoms with Crippen LogP contribution in [-0.4, -0.2) is 17.0 Å². The van der Waals surface area contributed by atoms with Crippen LogP contribution in [0.3, 0.4) is 0 Å². The standard InChI is InChI=1S/C12H17N3O2/c13-10-4-5-12(17)15(7-10)8-11(16)14-6-9-2-1-3-9/h4-5,7,9H,1-3,6,8,13H2,(H,14,16). The summed E-state index contributed by atoms with van der Waals surface area (Å²) in [5, 5.41) is 2.84. The molecular formula is C12H17N3O2. The first-order valence-corrected chi connectivity index (χ1v) is 5.88. The number of amides is 1. The van der Waals surface area contributed by atoms with Crippen molar-refractivity contribution in [2.24, 2.45) is 5.92 Å². The first kappa shape index (κ1) is 11.7. The van der Waals surface area contributed by atoms with E-state index in [4.69, 9.17) is 5.73 Å². The number of aromatic nitrogens is 1. The highest BCUT2D eigenvalue weighted by Crippen LogP contribution is 2.24. The highest BCUT2D eigenvalue weighted by Gasteiger charge is 2.17. The number of carbonyl (C=O) groups is 1. The summed E-state index contributed by atoms with van der Waals surface area (Å²) >= 11 is 0. The minimum absolute atomic E-state index is 0.0383. The Kier molecular flexibility index (Phi) is 3.46. The Morgan fingerprint density at radius 1 is 1.47 bits per heavy atom. The predicted octanol–water partition coefficient (Wildman–Crippen LogP) is 0.347. The predicted molar refractivity (Wildman–Crippen MR) is 65.5 cm³/mol. The molecule has 5 nitrogen and oxygen atoms in total. The summed E-state index contributed by atoms with van der Waals surface area (Å²) in [5.41, 5.74) is 5.84. The van der Waals surface area contributed by atoms with Gasteiger partial charge < -0.3 is 15.6 Å². The summed E-state index contributed by atoms with van der Waals surface area (Å²) in [5.74, 6) is 0.487. The number of pyridine rings is 1. The molecule has 2 rings (SSSR count). The van der Waals surface area contributed by atoms with Crippen LogP contribution in [-0.2, 0) is 11.3 Å². The molecule has 0 bridgehead atoms. The van der Waals surface area contributed by atoms with Gasteiger partial charge in [-0.05, 0) is 24.8 Å². The summed E-state index contributed by atoms with van der Waals surface area (Å²) < 4.78 is 1.32. The maximum absolute atomic E-state index is 11.6. The van der Waals surface area contributed by atoms with E-state index in [-0.39, 0.29) is 18.0 Å². The molecule has 0 aromatic carbocycles. The largest absolute Gasteiger partial charge is 0.398 e. The van der Waals surface area contributed by atoms with Gasteiger partial charge in [0.2, 0.25) is 5.91 Å². The number of nitrogens with one attached hydrogen (secondary N) is 1. The molecule has 1 amide bonds. The number of nitrogens with two attached hydrogens (primary N) is 1. The molecule has 1 aliphatic carbocycles. The lowest BCUT2D eigenvalue weighted by Gasteiger charge is -2.25. The van der Waals surface area contributed by atoms with Crippen molar-refractivity contribution in [1.29, 1.82) is 0 Å². The van der Waals surface area contributed by atoms with Gasteiger partial charge in [0.05, 0.1) is 0 Å². The van der Waals surface area contributed by atoms with Crippen LogP contribution in [0.15, 0.2) is 23.1 Å². The minimum Gasteiger partial charge on any atom is -0.398 e. The molecule has 1 aromatic rings. The van der Waals surface area contributed by atoms with Crippen LogP contribution in [0.25, 0.3) is 0 Å². The first-order valence-electron chi connectivity index (χ1n) is 5.88. The molecule has 17 heavy (non-hydrogen) atoms. The van der Waals surface area contributed by atoms with Crippen molar-refractivity contribution in [2.45, 2.75) is 25.8 Å². The van der Waals surface area contributed by atoms with Gasteiger partial charge in [0, 0.05) is 24.5 Å². The van der Waals surface area contributed by atoms with E-state index in [0.717, 1.165) is 6.54 Å². The van der Waals surface area contributed by atoms with Crippen LogP contribution in [0.1, 0.15) is 19.3 Å². The lowest BCUT2D eigenvalue weighted by Crippen LogP contribution is -2.36. The van der Waals surface area contributed by atoms with Gasteiger partial charge in [0.1, 0.15) is 6.54 Å². The fraction of sp³-hybridized carbons (Fsp3) is 0.500. The number of nitrogens with zero attached hydrogens (tertiary/aromatic N) is 1. The molecule has 0 radical (unpaired) electrons. The molecule has 1 saturated carbocycles. The second-order valence-corrected chi connectivity index (χ2v) is 4.53. The van der Waals surface area contributed by atoms with Crippen molar-refractivity contribution in [3.63, 3.8) is 0 Å². The summed E-state index contributed by atoms with van der Waals surface area (Å²) in [4.78, 5) is 23.0. The number of carbonyl (C=O) groups excluding carboxylic acids is 1. The second kappa shape index (κ2) is 5.03. The third-order valence-corrected chi connectivity index (χ3v) is 3.13. The Morgan fingerprint density at radius 3 is 2.88 bits per heavy atom. The lowest BCUT2D eigenvalue weighted by molar-refractivity contribution is -0.122. The Labute approximate surface area is 99.6 Å². The van der Waals surface area contributed by atoms with Crippen molar-refractivity contribution < 1.29 is 4.79 Å². The monoisotopic (exact) mass is 235 g/mol. The van der Waals surface area contributed by atoms with Crippen molar-refractivity contribution in [1.82, 2.24) is 9.88 Å². The van der Waals surface area contributed by atoms with E-state index in [1.54, 1.807) is 0 Å². The highest BCUT2D eigenvalue weighted by atomic mass is 16.2. The molecule has 1 fully saturated rings. The molecule has 0 spiro atoms. The molecule has 1 aromatic heterocycles. The Morgan fingerprint density at radius 2 is 2.24 bits per heavy atom. The summed E-state index contributed by atoms with van der Waals surface area (Å²) in [6.45, 7) is 0.756. The average molecular weight is 235 g/mol. The van der Waals surface area contributed by atoms with Crippen molar-refractivity contribution in [2.75, 3.05) is 12.3 Å². The minimum atomic E-state index is -0.210. The molecule has 0 atom stereocenters. The number of rotatable bonds is 4. The molecule has 0 aliphatic heterocycles. The van der Waals surface area contributed by atoms with E-state index >= 15 is 0 Å². The Hall–Kier alpha value is -1.78. The Balaban J connectivity index is 1.88. The van der Waals surface area contributed by atoms with E-state index in [1.165, 1.54) is 42.2 Å². The molecule has 5 heteroatoms. The van der Waals surface area contributed by atoms with Crippen molar-refractivity contribution >= 4 is 11.6 Å². The molecular weight excluding hydrogens is 218 g/mol. The molecule has 3 N–H and O–H groups in total. The fourth-order valence-electron chi connectivity index (χ4n) is 1.84. The average Bonchev–Trinajstić information content (AvgIpc) is 2.21. The molecule has 0 unspecified atom stereocenters. The maximum Gasteiger partial charge on any atom is 0.251 e. The SMILES string of the molecule is Nc1ccc(=O)n(CC(=O)NCC2CCC2)c1. The third kappa shape index (κ3) is 3.09. The van der Waals surface area contributed by atoms with Crippen LogP contribution >= 0.6 is 0 Å². The zero-order valence-corrected chi connectivity index (χ0v) is 9.69. The first-order chi connectivity index (χ1) is 8.15. The van der Waals surface area contributed by atoms with E-state index in [0.29, 0.717) is 11.6 Å². The quantitative estimate of drug-likeness (QED) is 0.790. The van der Waals surface area contributed by atoms with Gasteiger partial charge in [0.15, 0.2) is 0 Å². The van der Waals surface area contributed by atoms with Crippen molar-refractivity contribution in [3.8, 4) is 0 Å². The van der Waals surface area contributed by atoms with Crippen LogP contribution in [0.4, 0.5) is 5.69 Å². The Bertz CT molecular complexity index is 463. The topological polar surface area (TPSA) is 77.1 Å². The van der Waals surface area contributed by atoms with Crippen molar-refractivity contribution in [3.05, 3.63) is 28.7 Å². The van der Waals surface area contributed by atoms with Gasteiger partial charge in [-0.25, -0.2) is 0 Å². The lowest BCUT2D eigenvalue weighted by atomic mass is 9.85. The number of hydrogen-bond donors (Lipinski definition) is 2. The molecule has 0 saturated heterocycles. The van der Waals surface area contributed by atoms with E-state index in [2.05, 4.69) is 5.32 Å². The third-order valence-electron chi connectivity index (χ3n) is 3.13. The second-order valence-electron chi connectivity index (χ2n) is 4.53. The van der Waals surface area contributed by atoms with Crippen LogP contribution in [0.2, 0.25) is 0 Å². The zero-order chi connectivity index (χ0) is 12.3. The van der Waals surface area contributed by atoms with Gasteiger partial charge in [-0.1, -0.05) is 6.42 Å². The van der Waals surface area contributed by atoms with E-state index in [1.807, 2.05) is 0 Å². The molecule has 1 aliphatic rings. The van der Waals surface area contributed by atoms with E-state index in [9.17, 15) is 9.59 Å². The number of anilines is 1. The van der Waals surface area contributed by atoms with E-state index < -0.39 is 0 Å². The number of hydrogen-bond acceptors (Lipinski definition) is 3. The van der Waals surface area contributed by atoms with Gasteiger partial charge in [0.25, 0.3) is 5.56 Å². The van der Waals surface area contributed by atoms with Gasteiger partial charge in [-0.2, -0.15) is 0 Å². The summed E-state index contributed by atoms with van der Waals surface area (Å²) in [7, 11) is 0. The van der Waals surface area contributed by atoms with Crippen LogP contribution in [0, 0.1) is 5.92 Å². The summed E-state index contributed by atoms with van der Waals surface area (Å²) in [6.07, 6.45) is 5.14. The van der Waals surface area contributed by atoms with Gasteiger partial charge in [-0.15, -0.1) is 0 Å². The van der Waals surface area contributed by atoms with Crippen LogP contribution in [0.5, 0.6) is 0 Å². The highest BCUT2D eigenvalue weighted by molar-refractivity contribution is 5.75. The maximum atomic E-state index is 11.6. The smallest absolute Gasteiger partial charge is 0.251 e.